The number of anilines is 1. The van der Waals surface area contributed by atoms with E-state index in [2.05, 4.69) is 26.2 Å². The molecule has 2 aromatic carbocycles. The summed E-state index contributed by atoms with van der Waals surface area (Å²) in [5.41, 5.74) is 3.54. The zero-order valence-electron chi connectivity index (χ0n) is 15.4. The van der Waals surface area contributed by atoms with E-state index in [-0.39, 0.29) is 12.5 Å². The van der Waals surface area contributed by atoms with Crippen LogP contribution in [0.5, 0.6) is 5.75 Å². The van der Waals surface area contributed by atoms with Gasteiger partial charge in [0.05, 0.1) is 10.2 Å². The minimum atomic E-state index is -0.284. The number of hydrogen-bond donors (Lipinski definition) is 1. The molecule has 0 fully saturated rings. The minimum absolute atomic E-state index is 0.131. The predicted molar refractivity (Wildman–Crippen MR) is 120 cm³/mol. The number of thiazole rings is 1. The van der Waals surface area contributed by atoms with Gasteiger partial charge in [-0.3, -0.25) is 10.1 Å². The molecule has 0 aliphatic rings. The zero-order chi connectivity index (χ0) is 20.4. The fraction of sp³-hybridized carbons (Fsp3) is 0.200. The number of aryl methyl sites for hydroxylation is 2. The normalized spacial score (nSPS) is 10.8. The van der Waals surface area contributed by atoms with Crippen molar-refractivity contribution < 1.29 is 9.53 Å². The molecule has 1 N–H and O–H groups in total. The third kappa shape index (κ3) is 4.69. The van der Waals surface area contributed by atoms with Crippen molar-refractivity contribution in [2.24, 2.45) is 0 Å². The van der Waals surface area contributed by atoms with Crippen molar-refractivity contribution >= 4 is 61.5 Å². The second-order valence-electron chi connectivity index (χ2n) is 6.21. The average Bonchev–Trinajstić information content (AvgIpc) is 3.02. The van der Waals surface area contributed by atoms with Crippen LogP contribution >= 0.6 is 50.5 Å². The molecular formula is C20H17BrCl2N2O2S. The molecule has 1 heterocycles. The van der Waals surface area contributed by atoms with Gasteiger partial charge in [-0.25, -0.2) is 4.98 Å². The number of ether oxygens (including phenoxy) is 1. The lowest BCUT2D eigenvalue weighted by Gasteiger charge is -2.12. The first-order valence-corrected chi connectivity index (χ1v) is 10.7. The molecule has 3 aromatic rings. The van der Waals surface area contributed by atoms with Gasteiger partial charge >= 0.3 is 0 Å². The maximum absolute atomic E-state index is 12.3. The maximum Gasteiger partial charge on any atom is 0.264 e. The summed E-state index contributed by atoms with van der Waals surface area (Å²) in [6.07, 6.45) is 0. The Hall–Kier alpha value is -1.60. The Kier molecular flexibility index (Phi) is 6.65. The van der Waals surface area contributed by atoms with E-state index >= 15 is 0 Å². The molecule has 0 bridgehead atoms. The third-order valence-corrected chi connectivity index (χ3v) is 6.79. The minimum Gasteiger partial charge on any atom is -0.483 e. The van der Waals surface area contributed by atoms with Gasteiger partial charge in [0.2, 0.25) is 0 Å². The van der Waals surface area contributed by atoms with Gasteiger partial charge in [-0.1, -0.05) is 35.3 Å². The van der Waals surface area contributed by atoms with Gasteiger partial charge in [0.1, 0.15) is 5.75 Å². The van der Waals surface area contributed by atoms with E-state index in [4.69, 9.17) is 27.9 Å². The van der Waals surface area contributed by atoms with Gasteiger partial charge in [-0.15, -0.1) is 11.3 Å². The van der Waals surface area contributed by atoms with Crippen molar-refractivity contribution in [3.8, 4) is 17.0 Å². The van der Waals surface area contributed by atoms with Crippen LogP contribution in [0.25, 0.3) is 11.3 Å². The molecule has 146 valence electrons. The Morgan fingerprint density at radius 3 is 2.57 bits per heavy atom. The molecule has 0 unspecified atom stereocenters. The van der Waals surface area contributed by atoms with Crippen molar-refractivity contribution in [2.45, 2.75) is 20.8 Å². The lowest BCUT2D eigenvalue weighted by atomic mass is 10.1. The Morgan fingerprint density at radius 2 is 1.89 bits per heavy atom. The van der Waals surface area contributed by atoms with Gasteiger partial charge in [0.15, 0.2) is 11.7 Å². The number of nitrogens with zero attached hydrogens (tertiary/aromatic N) is 1. The fourth-order valence-electron chi connectivity index (χ4n) is 2.63. The zero-order valence-corrected chi connectivity index (χ0v) is 19.3. The highest BCUT2D eigenvalue weighted by atomic mass is 79.9. The summed E-state index contributed by atoms with van der Waals surface area (Å²) in [6.45, 7) is 5.62. The van der Waals surface area contributed by atoms with Crippen LogP contribution in [0.15, 0.2) is 34.8 Å². The number of aromatic nitrogens is 1. The molecule has 4 nitrogen and oxygen atoms in total. The highest BCUT2D eigenvalue weighted by molar-refractivity contribution is 9.10. The monoisotopic (exact) mass is 498 g/mol. The third-order valence-electron chi connectivity index (χ3n) is 4.09. The highest BCUT2D eigenvalue weighted by Gasteiger charge is 2.15. The summed E-state index contributed by atoms with van der Waals surface area (Å²) < 4.78 is 6.41. The average molecular weight is 500 g/mol. The molecule has 0 atom stereocenters. The van der Waals surface area contributed by atoms with Gasteiger partial charge in [-0.2, -0.15) is 0 Å². The van der Waals surface area contributed by atoms with Gasteiger partial charge in [-0.05, 0) is 66.0 Å². The number of amides is 1. The van der Waals surface area contributed by atoms with Crippen LogP contribution in [-0.2, 0) is 4.79 Å². The largest absolute Gasteiger partial charge is 0.483 e. The van der Waals surface area contributed by atoms with E-state index in [0.717, 1.165) is 31.7 Å². The lowest BCUT2D eigenvalue weighted by molar-refractivity contribution is -0.118. The predicted octanol–water partition coefficient (Wildman–Crippen LogP) is 6.82. The Morgan fingerprint density at radius 1 is 1.21 bits per heavy atom. The number of halogens is 3. The molecule has 3 rings (SSSR count). The number of benzene rings is 2. The van der Waals surface area contributed by atoms with Crippen molar-refractivity contribution in [1.29, 1.82) is 0 Å². The Balaban J connectivity index is 1.68. The summed E-state index contributed by atoms with van der Waals surface area (Å²) >= 11 is 17.0. The summed E-state index contributed by atoms with van der Waals surface area (Å²) in [4.78, 5) is 17.8. The molecule has 0 radical (unpaired) electrons. The SMILES string of the molecule is Cc1cc(OCC(=O)Nc2nc(-c3ccc(Cl)cc3)c(C)s2)c(Br)c(C)c1Cl. The van der Waals surface area contributed by atoms with Gasteiger partial charge in [0, 0.05) is 20.5 Å². The first-order chi connectivity index (χ1) is 13.3. The molecule has 0 saturated heterocycles. The number of carbonyl (C=O) groups is 1. The molecule has 28 heavy (non-hydrogen) atoms. The van der Waals surface area contributed by atoms with E-state index in [0.29, 0.717) is 20.9 Å². The van der Waals surface area contributed by atoms with Gasteiger partial charge in [0.25, 0.3) is 5.91 Å². The maximum atomic E-state index is 12.3. The Labute approximate surface area is 186 Å². The molecule has 0 saturated carbocycles. The molecule has 1 amide bonds. The van der Waals surface area contributed by atoms with Crippen LogP contribution in [0.1, 0.15) is 16.0 Å². The Bertz CT molecular complexity index is 1040. The van der Waals surface area contributed by atoms with Gasteiger partial charge < -0.3 is 4.74 Å². The number of nitrogens with one attached hydrogen (secondary N) is 1. The van der Waals surface area contributed by atoms with E-state index < -0.39 is 0 Å². The quantitative estimate of drug-likeness (QED) is 0.418. The van der Waals surface area contributed by atoms with Crippen LogP contribution < -0.4 is 10.1 Å². The summed E-state index contributed by atoms with van der Waals surface area (Å²) in [5.74, 6) is 0.292. The first-order valence-electron chi connectivity index (χ1n) is 8.37. The van der Waals surface area contributed by atoms with Crippen LogP contribution in [0.2, 0.25) is 10.0 Å². The van der Waals surface area contributed by atoms with E-state index in [9.17, 15) is 4.79 Å². The summed E-state index contributed by atoms with van der Waals surface area (Å²) in [6, 6.07) is 9.24. The first kappa shape index (κ1) is 21.1. The highest BCUT2D eigenvalue weighted by Crippen LogP contribution is 2.36. The van der Waals surface area contributed by atoms with E-state index in [1.807, 2.05) is 45.0 Å². The van der Waals surface area contributed by atoms with Crippen LogP contribution in [0.4, 0.5) is 5.13 Å². The molecule has 8 heteroatoms. The molecule has 0 spiro atoms. The molecule has 0 aliphatic heterocycles. The second kappa shape index (κ2) is 8.82. The molecule has 0 aliphatic carbocycles. The number of carbonyl (C=O) groups excluding carboxylic acids is 1. The van der Waals surface area contributed by atoms with Crippen LogP contribution in [-0.4, -0.2) is 17.5 Å². The smallest absolute Gasteiger partial charge is 0.264 e. The standard InChI is InChI=1S/C20H17BrCl2N2O2S/c1-10-8-15(17(21)11(2)18(10)23)27-9-16(26)24-20-25-19(12(3)28-20)13-4-6-14(22)7-5-13/h4-8H,9H2,1-3H3,(H,24,25,26). The second-order valence-corrected chi connectivity index (χ2v) is 9.02. The fourth-order valence-corrected chi connectivity index (χ4v) is 4.30. The number of hydrogen-bond acceptors (Lipinski definition) is 4. The summed E-state index contributed by atoms with van der Waals surface area (Å²) in [5, 5.41) is 4.66. The van der Waals surface area contributed by atoms with Crippen molar-refractivity contribution in [1.82, 2.24) is 4.98 Å². The van der Waals surface area contributed by atoms with Crippen molar-refractivity contribution in [2.75, 3.05) is 11.9 Å². The van der Waals surface area contributed by atoms with E-state index in [1.165, 1.54) is 11.3 Å². The topological polar surface area (TPSA) is 51.2 Å². The van der Waals surface area contributed by atoms with E-state index in [1.54, 1.807) is 6.07 Å². The summed E-state index contributed by atoms with van der Waals surface area (Å²) in [7, 11) is 0. The van der Waals surface area contributed by atoms with Crippen LogP contribution in [0, 0.1) is 20.8 Å². The number of rotatable bonds is 5. The van der Waals surface area contributed by atoms with Crippen molar-refractivity contribution in [3.05, 3.63) is 60.9 Å². The molecular weight excluding hydrogens is 483 g/mol. The molecule has 1 aromatic heterocycles. The lowest BCUT2D eigenvalue weighted by Crippen LogP contribution is -2.20. The van der Waals surface area contributed by atoms with Crippen LogP contribution in [0.3, 0.4) is 0 Å². The van der Waals surface area contributed by atoms with Crippen molar-refractivity contribution in [3.63, 3.8) is 0 Å².